The Morgan fingerprint density at radius 1 is 1.03 bits per heavy atom. The van der Waals surface area contributed by atoms with Crippen molar-refractivity contribution in [3.8, 4) is 39.6 Å². The number of aromatic hydroxyl groups is 1. The van der Waals surface area contributed by atoms with Gasteiger partial charge in [0, 0.05) is 34.5 Å². The van der Waals surface area contributed by atoms with Crippen molar-refractivity contribution >= 4 is 17.5 Å². The minimum absolute atomic E-state index is 0.0537. The lowest BCUT2D eigenvalue weighted by molar-refractivity contribution is 0.304. The summed E-state index contributed by atoms with van der Waals surface area (Å²) in [5.41, 5.74) is 8.77. The fourth-order valence-electron chi connectivity index (χ4n) is 3.27. The van der Waals surface area contributed by atoms with Gasteiger partial charge in [-0.2, -0.15) is 0 Å². The molecule has 0 unspecified atom stereocenters. The first kappa shape index (κ1) is 21.4. The maximum Gasteiger partial charge on any atom is 0.220 e. The van der Waals surface area contributed by atoms with Gasteiger partial charge in [-0.25, -0.2) is 14.4 Å². The van der Waals surface area contributed by atoms with Crippen LogP contribution in [0.2, 0.25) is 5.02 Å². The number of nitrogens with zero attached hydrogens (tertiary/aromatic N) is 2. The maximum absolute atomic E-state index is 13.2. The van der Waals surface area contributed by atoms with Crippen LogP contribution in [0.3, 0.4) is 0 Å². The molecular formula is C24H19ClFN3O3. The van der Waals surface area contributed by atoms with E-state index in [0.717, 1.165) is 5.56 Å². The molecule has 0 amide bonds. The molecule has 0 aliphatic carbocycles. The summed E-state index contributed by atoms with van der Waals surface area (Å²) < 4.78 is 24.4. The Balaban J connectivity index is 1.67. The van der Waals surface area contributed by atoms with Crippen LogP contribution in [-0.2, 0) is 6.61 Å². The quantitative estimate of drug-likeness (QED) is 0.403. The van der Waals surface area contributed by atoms with Crippen molar-refractivity contribution in [2.45, 2.75) is 6.61 Å². The van der Waals surface area contributed by atoms with Crippen LogP contribution in [0.15, 0.2) is 66.9 Å². The summed E-state index contributed by atoms with van der Waals surface area (Å²) in [5, 5.41) is 11.0. The zero-order valence-electron chi connectivity index (χ0n) is 17.0. The molecule has 1 aromatic heterocycles. The van der Waals surface area contributed by atoms with Crippen molar-refractivity contribution in [3.63, 3.8) is 0 Å². The van der Waals surface area contributed by atoms with E-state index in [4.69, 9.17) is 26.8 Å². The van der Waals surface area contributed by atoms with E-state index in [9.17, 15) is 9.50 Å². The Hall–Kier alpha value is -3.84. The minimum Gasteiger partial charge on any atom is -0.507 e. The fourth-order valence-corrected chi connectivity index (χ4v) is 3.49. The smallest absolute Gasteiger partial charge is 0.220 e. The van der Waals surface area contributed by atoms with Gasteiger partial charge in [0.1, 0.15) is 29.7 Å². The summed E-state index contributed by atoms with van der Waals surface area (Å²) in [6.45, 7) is 0.116. The lowest BCUT2D eigenvalue weighted by atomic mass is 9.99. The van der Waals surface area contributed by atoms with E-state index in [1.54, 1.807) is 31.5 Å². The van der Waals surface area contributed by atoms with Gasteiger partial charge in [-0.15, -0.1) is 0 Å². The predicted molar refractivity (Wildman–Crippen MR) is 121 cm³/mol. The van der Waals surface area contributed by atoms with Gasteiger partial charge in [0.15, 0.2) is 0 Å². The maximum atomic E-state index is 13.2. The normalized spacial score (nSPS) is 10.7. The number of ether oxygens (including phenoxy) is 2. The largest absolute Gasteiger partial charge is 0.507 e. The van der Waals surface area contributed by atoms with Crippen molar-refractivity contribution in [1.82, 2.24) is 9.97 Å². The van der Waals surface area contributed by atoms with Crippen molar-refractivity contribution in [2.24, 2.45) is 0 Å². The molecule has 162 valence electrons. The molecule has 6 nitrogen and oxygen atoms in total. The van der Waals surface area contributed by atoms with Crippen LogP contribution in [0, 0.1) is 5.82 Å². The number of methoxy groups -OCH3 is 1. The Morgan fingerprint density at radius 3 is 2.59 bits per heavy atom. The second-order valence-corrected chi connectivity index (χ2v) is 7.30. The third-order valence-electron chi connectivity index (χ3n) is 4.84. The number of phenols is 1. The highest BCUT2D eigenvalue weighted by atomic mass is 35.5. The van der Waals surface area contributed by atoms with Gasteiger partial charge in [0.2, 0.25) is 5.95 Å². The van der Waals surface area contributed by atoms with E-state index in [0.29, 0.717) is 33.9 Å². The number of para-hydroxylation sites is 1. The number of benzene rings is 3. The fraction of sp³-hybridized carbons (Fsp3) is 0.0833. The summed E-state index contributed by atoms with van der Waals surface area (Å²) in [7, 11) is 1.58. The monoisotopic (exact) mass is 451 g/mol. The van der Waals surface area contributed by atoms with Gasteiger partial charge < -0.3 is 20.3 Å². The predicted octanol–water partition coefficient (Wildman–Crippen LogP) is 5.48. The van der Waals surface area contributed by atoms with Crippen LogP contribution in [0.25, 0.3) is 22.4 Å². The van der Waals surface area contributed by atoms with Gasteiger partial charge in [-0.3, -0.25) is 0 Å². The molecule has 0 atom stereocenters. The third-order valence-corrected chi connectivity index (χ3v) is 5.19. The highest BCUT2D eigenvalue weighted by Crippen LogP contribution is 2.40. The van der Waals surface area contributed by atoms with Crippen molar-refractivity contribution < 1.29 is 19.0 Å². The van der Waals surface area contributed by atoms with Crippen LogP contribution in [0.5, 0.6) is 17.2 Å². The van der Waals surface area contributed by atoms with Crippen LogP contribution in [0.4, 0.5) is 10.3 Å². The first-order chi connectivity index (χ1) is 15.5. The lowest BCUT2D eigenvalue weighted by Crippen LogP contribution is -2.00. The molecule has 8 heteroatoms. The number of nitrogens with two attached hydrogens (primary N) is 1. The molecule has 0 bridgehead atoms. The lowest BCUT2D eigenvalue weighted by Gasteiger charge is -2.14. The van der Waals surface area contributed by atoms with E-state index < -0.39 is 5.82 Å². The molecule has 3 N–H and O–H groups in total. The Bertz CT molecular complexity index is 1280. The van der Waals surface area contributed by atoms with Crippen molar-refractivity contribution in [2.75, 3.05) is 12.8 Å². The first-order valence-electron chi connectivity index (χ1n) is 9.62. The van der Waals surface area contributed by atoms with Crippen LogP contribution in [0.1, 0.15) is 5.56 Å². The molecule has 0 radical (unpaired) electrons. The molecule has 32 heavy (non-hydrogen) atoms. The molecule has 0 spiro atoms. The Morgan fingerprint density at radius 2 is 1.84 bits per heavy atom. The topological polar surface area (TPSA) is 90.5 Å². The zero-order chi connectivity index (χ0) is 22.7. The molecule has 0 saturated heterocycles. The molecule has 1 heterocycles. The van der Waals surface area contributed by atoms with E-state index in [2.05, 4.69) is 9.97 Å². The Labute approximate surface area is 189 Å². The summed E-state index contributed by atoms with van der Waals surface area (Å²) in [4.78, 5) is 8.46. The summed E-state index contributed by atoms with van der Waals surface area (Å²) >= 11 is 6.04. The van der Waals surface area contributed by atoms with Gasteiger partial charge in [-0.1, -0.05) is 35.9 Å². The minimum atomic E-state index is -0.421. The van der Waals surface area contributed by atoms with Gasteiger partial charge in [0.05, 0.1) is 17.8 Å². The number of halogens is 2. The average molecular weight is 452 g/mol. The number of hydrogen-bond acceptors (Lipinski definition) is 6. The third kappa shape index (κ3) is 4.43. The zero-order valence-corrected chi connectivity index (χ0v) is 17.8. The number of aromatic nitrogens is 2. The second-order valence-electron chi connectivity index (χ2n) is 6.89. The van der Waals surface area contributed by atoms with Crippen molar-refractivity contribution in [1.29, 1.82) is 0 Å². The molecule has 0 fully saturated rings. The van der Waals surface area contributed by atoms with Gasteiger partial charge in [0.25, 0.3) is 0 Å². The first-order valence-corrected chi connectivity index (χ1v) is 10.00. The highest BCUT2D eigenvalue weighted by Gasteiger charge is 2.17. The molecule has 3 aromatic carbocycles. The molecule has 0 aliphatic rings. The van der Waals surface area contributed by atoms with E-state index >= 15 is 0 Å². The standard InChI is InChI=1S/C24H19ClFN3O3/c1-31-22-5-3-2-4-17(22)19-12-28-24(27)29-23(19)18-9-8-16(11-21(18)30)32-13-14-6-7-15(26)10-20(14)25/h2-12,30H,13H2,1H3,(H2,27,28,29). The number of hydrogen-bond donors (Lipinski definition) is 2. The second kappa shape index (κ2) is 9.11. The van der Waals surface area contributed by atoms with E-state index in [1.165, 1.54) is 18.2 Å². The van der Waals surface area contributed by atoms with Gasteiger partial charge >= 0.3 is 0 Å². The number of nitrogen functional groups attached to an aromatic ring is 1. The molecule has 4 rings (SSSR count). The molecule has 4 aromatic rings. The molecule has 0 saturated carbocycles. The van der Waals surface area contributed by atoms with E-state index in [1.807, 2.05) is 24.3 Å². The van der Waals surface area contributed by atoms with Crippen LogP contribution >= 0.6 is 11.6 Å². The van der Waals surface area contributed by atoms with Crippen LogP contribution in [-0.4, -0.2) is 22.2 Å². The van der Waals surface area contributed by atoms with Crippen molar-refractivity contribution in [3.05, 3.63) is 83.3 Å². The number of rotatable bonds is 6. The SMILES string of the molecule is COc1ccccc1-c1cnc(N)nc1-c1ccc(OCc2ccc(F)cc2Cl)cc1O. The Kier molecular flexibility index (Phi) is 6.09. The van der Waals surface area contributed by atoms with Gasteiger partial charge in [-0.05, 0) is 30.3 Å². The highest BCUT2D eigenvalue weighted by molar-refractivity contribution is 6.31. The summed E-state index contributed by atoms with van der Waals surface area (Å²) in [6.07, 6.45) is 1.59. The average Bonchev–Trinajstić information content (AvgIpc) is 2.78. The summed E-state index contributed by atoms with van der Waals surface area (Å²) in [6, 6.07) is 16.3. The molecule has 0 aliphatic heterocycles. The van der Waals surface area contributed by atoms with E-state index in [-0.39, 0.29) is 23.3 Å². The number of phenolic OH excluding ortho intramolecular Hbond substituents is 1. The molecular weight excluding hydrogens is 433 g/mol. The summed E-state index contributed by atoms with van der Waals surface area (Å²) in [5.74, 6) is 0.646. The van der Waals surface area contributed by atoms with Crippen LogP contribution < -0.4 is 15.2 Å². The number of anilines is 1.